The van der Waals surface area contributed by atoms with E-state index in [2.05, 4.69) is 18.4 Å². The highest BCUT2D eigenvalue weighted by Crippen LogP contribution is 2.25. The summed E-state index contributed by atoms with van der Waals surface area (Å²) in [5, 5.41) is 0. The van der Waals surface area contributed by atoms with Crippen LogP contribution in [-0.2, 0) is 11.2 Å². The molecule has 0 radical (unpaired) electrons. The first kappa shape index (κ1) is 16.0. The summed E-state index contributed by atoms with van der Waals surface area (Å²) in [4.78, 5) is 0. The van der Waals surface area contributed by atoms with Crippen LogP contribution in [0.5, 0.6) is 5.75 Å². The Kier molecular flexibility index (Phi) is 5.79. The van der Waals surface area contributed by atoms with Crippen molar-refractivity contribution >= 4 is 0 Å². The molecule has 0 saturated carbocycles. The van der Waals surface area contributed by atoms with Crippen molar-refractivity contribution in [1.29, 1.82) is 0 Å². The predicted molar refractivity (Wildman–Crippen MR) is 78.3 cm³/mol. The van der Waals surface area contributed by atoms with Crippen LogP contribution >= 0.6 is 0 Å². The lowest BCUT2D eigenvalue weighted by atomic mass is 9.91. The Bertz CT molecular complexity index is 405. The molecule has 0 amide bonds. The number of ether oxygens (including phenoxy) is 2. The van der Waals surface area contributed by atoms with Gasteiger partial charge in [0.25, 0.3) is 0 Å². The van der Waals surface area contributed by atoms with Crippen LogP contribution in [0.15, 0.2) is 18.2 Å². The van der Waals surface area contributed by atoms with E-state index in [-0.39, 0.29) is 11.6 Å². The lowest BCUT2D eigenvalue weighted by Crippen LogP contribution is -2.52. The van der Waals surface area contributed by atoms with Gasteiger partial charge < -0.3 is 9.47 Å². The summed E-state index contributed by atoms with van der Waals surface area (Å²) in [5.41, 5.74) is 4.88. The van der Waals surface area contributed by atoms with E-state index >= 15 is 0 Å². The zero-order valence-corrected chi connectivity index (χ0v) is 12.6. The van der Waals surface area contributed by atoms with E-state index in [4.69, 9.17) is 15.3 Å². The maximum Gasteiger partial charge on any atom is 0.122 e. The van der Waals surface area contributed by atoms with Crippen molar-refractivity contribution in [3.8, 4) is 5.75 Å². The fourth-order valence-corrected chi connectivity index (χ4v) is 2.26. The Hall–Kier alpha value is -1.10. The molecule has 1 aromatic rings. The average Bonchev–Trinajstić information content (AvgIpc) is 2.35. The van der Waals surface area contributed by atoms with E-state index in [9.17, 15) is 0 Å². The van der Waals surface area contributed by atoms with E-state index in [0.29, 0.717) is 6.61 Å². The van der Waals surface area contributed by atoms with Crippen molar-refractivity contribution in [3.63, 3.8) is 0 Å². The molecule has 3 N–H and O–H groups in total. The third kappa shape index (κ3) is 4.20. The van der Waals surface area contributed by atoms with E-state index in [0.717, 1.165) is 17.7 Å². The van der Waals surface area contributed by atoms with E-state index in [1.807, 2.05) is 32.9 Å². The van der Waals surface area contributed by atoms with Crippen molar-refractivity contribution in [2.24, 2.45) is 5.84 Å². The second kappa shape index (κ2) is 6.89. The Morgan fingerprint density at radius 1 is 1.37 bits per heavy atom. The van der Waals surface area contributed by atoms with Gasteiger partial charge in [-0.25, -0.2) is 0 Å². The third-order valence-electron chi connectivity index (χ3n) is 3.42. The lowest BCUT2D eigenvalue weighted by Gasteiger charge is -2.34. The number of benzene rings is 1. The van der Waals surface area contributed by atoms with Gasteiger partial charge in [-0.2, -0.15) is 0 Å². The van der Waals surface area contributed by atoms with Crippen LogP contribution in [0.1, 0.15) is 31.9 Å². The molecule has 0 saturated heterocycles. The first-order chi connectivity index (χ1) is 8.94. The van der Waals surface area contributed by atoms with Gasteiger partial charge in [-0.15, -0.1) is 0 Å². The predicted octanol–water partition coefficient (Wildman–Crippen LogP) is 2.19. The molecule has 4 heteroatoms. The molecule has 1 atom stereocenters. The largest absolute Gasteiger partial charge is 0.496 e. The van der Waals surface area contributed by atoms with Gasteiger partial charge >= 0.3 is 0 Å². The van der Waals surface area contributed by atoms with Crippen LogP contribution in [0, 0.1) is 6.92 Å². The average molecular weight is 266 g/mol. The Labute approximate surface area is 116 Å². The van der Waals surface area contributed by atoms with Gasteiger partial charge in [-0.3, -0.25) is 11.3 Å². The van der Waals surface area contributed by atoms with Gasteiger partial charge in [0.05, 0.1) is 18.8 Å². The minimum atomic E-state index is -0.335. The smallest absolute Gasteiger partial charge is 0.122 e. The number of hydrazine groups is 1. The summed E-state index contributed by atoms with van der Waals surface area (Å²) in [6.07, 6.45) is 0.758. The summed E-state index contributed by atoms with van der Waals surface area (Å²) in [7, 11) is 1.69. The fraction of sp³-hybridized carbons (Fsp3) is 0.600. The molecule has 0 fully saturated rings. The molecular formula is C15H26N2O2. The molecule has 19 heavy (non-hydrogen) atoms. The van der Waals surface area contributed by atoms with Crippen molar-refractivity contribution in [2.45, 2.75) is 45.8 Å². The summed E-state index contributed by atoms with van der Waals surface area (Å²) in [6.45, 7) is 8.81. The van der Waals surface area contributed by atoms with Gasteiger partial charge in [0.15, 0.2) is 0 Å². The van der Waals surface area contributed by atoms with E-state index in [1.165, 1.54) is 5.56 Å². The monoisotopic (exact) mass is 266 g/mol. The van der Waals surface area contributed by atoms with Crippen molar-refractivity contribution in [1.82, 2.24) is 5.43 Å². The molecule has 0 aliphatic heterocycles. The highest BCUT2D eigenvalue weighted by Gasteiger charge is 2.30. The van der Waals surface area contributed by atoms with E-state index in [1.54, 1.807) is 7.11 Å². The first-order valence-electron chi connectivity index (χ1n) is 6.68. The molecule has 0 aliphatic carbocycles. The maximum absolute atomic E-state index is 5.78. The van der Waals surface area contributed by atoms with Gasteiger partial charge in [-0.05, 0) is 45.7 Å². The fourth-order valence-electron chi connectivity index (χ4n) is 2.26. The molecule has 0 spiro atoms. The number of hydrogen-bond acceptors (Lipinski definition) is 4. The summed E-state index contributed by atoms with van der Waals surface area (Å²) < 4.78 is 11.2. The van der Waals surface area contributed by atoms with Crippen LogP contribution in [-0.4, -0.2) is 25.4 Å². The van der Waals surface area contributed by atoms with Crippen molar-refractivity contribution < 1.29 is 9.47 Å². The standard InChI is InChI=1S/C15H26N2O2/c1-6-19-15(3,4)14(17-16)10-12-9-11(2)7-8-13(12)18-5/h7-9,14,17H,6,10,16H2,1-5H3. The summed E-state index contributed by atoms with van der Waals surface area (Å²) >= 11 is 0. The zero-order chi connectivity index (χ0) is 14.5. The Balaban J connectivity index is 2.95. The first-order valence-corrected chi connectivity index (χ1v) is 6.68. The van der Waals surface area contributed by atoms with E-state index < -0.39 is 0 Å². The maximum atomic E-state index is 5.78. The van der Waals surface area contributed by atoms with Crippen molar-refractivity contribution in [3.05, 3.63) is 29.3 Å². The van der Waals surface area contributed by atoms with Gasteiger partial charge in [-0.1, -0.05) is 17.7 Å². The second-order valence-electron chi connectivity index (χ2n) is 5.28. The molecule has 1 rings (SSSR count). The van der Waals surface area contributed by atoms with Crippen LogP contribution in [0.4, 0.5) is 0 Å². The number of methoxy groups -OCH3 is 1. The minimum Gasteiger partial charge on any atom is -0.496 e. The topological polar surface area (TPSA) is 56.5 Å². The van der Waals surface area contributed by atoms with Crippen LogP contribution in [0.25, 0.3) is 0 Å². The summed E-state index contributed by atoms with van der Waals surface area (Å²) in [5.74, 6) is 6.58. The van der Waals surface area contributed by atoms with Crippen molar-refractivity contribution in [2.75, 3.05) is 13.7 Å². The molecule has 4 nitrogen and oxygen atoms in total. The van der Waals surface area contributed by atoms with Gasteiger partial charge in [0.2, 0.25) is 0 Å². The molecule has 108 valence electrons. The van der Waals surface area contributed by atoms with Gasteiger partial charge in [0.1, 0.15) is 5.75 Å². The molecule has 0 aliphatic rings. The number of hydrogen-bond donors (Lipinski definition) is 2. The molecule has 0 aromatic heterocycles. The third-order valence-corrected chi connectivity index (χ3v) is 3.42. The normalized spacial score (nSPS) is 13.4. The summed E-state index contributed by atoms with van der Waals surface area (Å²) in [6, 6.07) is 6.18. The van der Waals surface area contributed by atoms with Crippen LogP contribution in [0.3, 0.4) is 0 Å². The highest BCUT2D eigenvalue weighted by molar-refractivity contribution is 5.37. The number of nitrogens with one attached hydrogen (secondary N) is 1. The number of rotatable bonds is 7. The van der Waals surface area contributed by atoms with Crippen LogP contribution in [0.2, 0.25) is 0 Å². The zero-order valence-electron chi connectivity index (χ0n) is 12.6. The van der Waals surface area contributed by atoms with Crippen LogP contribution < -0.4 is 16.0 Å². The molecule has 0 bridgehead atoms. The number of aryl methyl sites for hydroxylation is 1. The quantitative estimate of drug-likeness (QED) is 0.587. The number of nitrogens with two attached hydrogens (primary N) is 1. The highest BCUT2D eigenvalue weighted by atomic mass is 16.5. The molecule has 1 unspecified atom stereocenters. The SMILES string of the molecule is CCOC(C)(C)C(Cc1cc(C)ccc1OC)NN. The minimum absolute atomic E-state index is 0.0168. The molecule has 0 heterocycles. The molecule has 1 aromatic carbocycles. The second-order valence-corrected chi connectivity index (χ2v) is 5.28. The Morgan fingerprint density at radius 3 is 2.58 bits per heavy atom. The lowest BCUT2D eigenvalue weighted by molar-refractivity contribution is -0.0381. The molecular weight excluding hydrogens is 240 g/mol. The Morgan fingerprint density at radius 2 is 2.05 bits per heavy atom. The van der Waals surface area contributed by atoms with Gasteiger partial charge in [0, 0.05) is 6.61 Å².